The van der Waals surface area contributed by atoms with Gasteiger partial charge < -0.3 is 5.11 Å². The highest BCUT2D eigenvalue weighted by Crippen LogP contribution is 2.37. The largest absolute Gasteiger partial charge is 0.507 e. The number of rotatable bonds is 1. The van der Waals surface area contributed by atoms with E-state index in [9.17, 15) is 5.11 Å². The number of halogens is 2. The quantitative estimate of drug-likeness (QED) is 0.776. The number of phenolic OH excluding ortho intramolecular Hbond substituents is 1. The number of fused-ring (bicyclic) bond motifs is 1. The Hall–Kier alpha value is -0.250. The van der Waals surface area contributed by atoms with Crippen molar-refractivity contribution in [3.8, 4) is 5.75 Å². The highest BCUT2D eigenvalue weighted by molar-refractivity contribution is 9.08. The van der Waals surface area contributed by atoms with Crippen LogP contribution in [0.4, 0.5) is 0 Å². The highest BCUT2D eigenvalue weighted by Gasteiger charge is 2.07. The molecule has 68 valence electrons. The number of aromatic hydroxyl groups is 1. The molecule has 1 nitrogen and oxygen atoms in total. The molecule has 1 aromatic carbocycles. The zero-order valence-electron chi connectivity index (χ0n) is 6.55. The number of benzene rings is 1. The maximum absolute atomic E-state index is 9.54. The van der Waals surface area contributed by atoms with Crippen LogP contribution in [0.2, 0.25) is 5.02 Å². The number of alkyl halides is 1. The van der Waals surface area contributed by atoms with Crippen LogP contribution in [0, 0.1) is 0 Å². The molecule has 0 amide bonds. The summed E-state index contributed by atoms with van der Waals surface area (Å²) in [6.07, 6.45) is 0. The van der Waals surface area contributed by atoms with E-state index in [2.05, 4.69) is 15.9 Å². The number of hydrogen-bond donors (Lipinski definition) is 1. The van der Waals surface area contributed by atoms with Gasteiger partial charge in [-0.05, 0) is 18.2 Å². The third kappa shape index (κ3) is 1.56. The van der Waals surface area contributed by atoms with Gasteiger partial charge in [-0.2, -0.15) is 0 Å². The summed E-state index contributed by atoms with van der Waals surface area (Å²) < 4.78 is 0.955. The second kappa shape index (κ2) is 3.48. The van der Waals surface area contributed by atoms with E-state index in [0.29, 0.717) is 10.8 Å². The van der Waals surface area contributed by atoms with Gasteiger partial charge >= 0.3 is 0 Å². The summed E-state index contributed by atoms with van der Waals surface area (Å²) in [5.74, 6) is 0.294. The molecule has 0 aliphatic rings. The minimum absolute atomic E-state index is 0.294. The summed E-state index contributed by atoms with van der Waals surface area (Å²) in [4.78, 5) is 1.17. The first-order valence-corrected chi connectivity index (χ1v) is 6.00. The molecule has 1 heterocycles. The lowest BCUT2D eigenvalue weighted by Gasteiger charge is -1.95. The Morgan fingerprint density at radius 3 is 2.85 bits per heavy atom. The Morgan fingerprint density at radius 1 is 1.46 bits per heavy atom. The van der Waals surface area contributed by atoms with Crippen LogP contribution < -0.4 is 0 Å². The maximum Gasteiger partial charge on any atom is 0.124 e. The van der Waals surface area contributed by atoms with Gasteiger partial charge in [-0.25, -0.2) is 0 Å². The van der Waals surface area contributed by atoms with Gasteiger partial charge in [-0.3, -0.25) is 0 Å². The van der Waals surface area contributed by atoms with Gasteiger partial charge in [0.15, 0.2) is 0 Å². The van der Waals surface area contributed by atoms with Crippen LogP contribution in [0.15, 0.2) is 18.2 Å². The van der Waals surface area contributed by atoms with Crippen LogP contribution in [0.1, 0.15) is 4.88 Å². The Balaban J connectivity index is 2.80. The van der Waals surface area contributed by atoms with Crippen molar-refractivity contribution in [1.82, 2.24) is 0 Å². The monoisotopic (exact) mass is 276 g/mol. The number of hydrogen-bond acceptors (Lipinski definition) is 2. The summed E-state index contributed by atoms with van der Waals surface area (Å²) in [7, 11) is 0. The zero-order valence-corrected chi connectivity index (χ0v) is 9.71. The molecule has 0 saturated carbocycles. The Kier molecular flexibility index (Phi) is 2.49. The fourth-order valence-electron chi connectivity index (χ4n) is 1.19. The lowest BCUT2D eigenvalue weighted by Crippen LogP contribution is -1.67. The van der Waals surface area contributed by atoms with Gasteiger partial charge in [0.05, 0.1) is 9.72 Å². The van der Waals surface area contributed by atoms with E-state index in [1.54, 1.807) is 23.5 Å². The highest BCUT2D eigenvalue weighted by atomic mass is 79.9. The van der Waals surface area contributed by atoms with E-state index >= 15 is 0 Å². The Bertz CT molecular complexity index is 413. The normalized spacial score (nSPS) is 10.9. The minimum atomic E-state index is 0.294. The summed E-state index contributed by atoms with van der Waals surface area (Å²) >= 11 is 11.0. The molecule has 0 atom stereocenters. The third-order valence-electron chi connectivity index (χ3n) is 1.80. The van der Waals surface area contributed by atoms with Gasteiger partial charge in [0.25, 0.3) is 0 Å². The van der Waals surface area contributed by atoms with E-state index < -0.39 is 0 Å². The van der Waals surface area contributed by atoms with Crippen molar-refractivity contribution < 1.29 is 5.11 Å². The SMILES string of the molecule is Oc1ccc(Cl)c2sc(CBr)cc12. The van der Waals surface area contributed by atoms with Crippen LogP contribution in [0.3, 0.4) is 0 Å². The molecule has 1 aromatic heterocycles. The minimum Gasteiger partial charge on any atom is -0.507 e. The van der Waals surface area contributed by atoms with Crippen molar-refractivity contribution in [1.29, 1.82) is 0 Å². The first-order valence-electron chi connectivity index (χ1n) is 3.68. The van der Waals surface area contributed by atoms with Gasteiger partial charge in [0, 0.05) is 15.6 Å². The molecule has 0 bridgehead atoms. The van der Waals surface area contributed by atoms with E-state index in [1.807, 2.05) is 6.07 Å². The lowest BCUT2D eigenvalue weighted by atomic mass is 10.2. The van der Waals surface area contributed by atoms with Crippen molar-refractivity contribution in [3.05, 3.63) is 28.1 Å². The summed E-state index contributed by atoms with van der Waals surface area (Å²) in [6, 6.07) is 5.29. The van der Waals surface area contributed by atoms with Gasteiger partial charge in [-0.15, -0.1) is 11.3 Å². The molecule has 0 aliphatic carbocycles. The fourth-order valence-corrected chi connectivity index (χ4v) is 2.91. The smallest absolute Gasteiger partial charge is 0.124 e. The molecular weight excluding hydrogens is 272 g/mol. The predicted octanol–water partition coefficient (Wildman–Crippen LogP) is 4.16. The lowest BCUT2D eigenvalue weighted by molar-refractivity contribution is 0.482. The van der Waals surface area contributed by atoms with Crippen molar-refractivity contribution in [2.24, 2.45) is 0 Å². The molecule has 4 heteroatoms. The zero-order chi connectivity index (χ0) is 9.42. The van der Waals surface area contributed by atoms with Crippen LogP contribution in [0.5, 0.6) is 5.75 Å². The van der Waals surface area contributed by atoms with Crippen LogP contribution >= 0.6 is 38.9 Å². The molecule has 2 aromatic rings. The molecular formula is C9H6BrClOS. The summed E-state index contributed by atoms with van der Waals surface area (Å²) in [5, 5.41) is 11.9. The van der Waals surface area contributed by atoms with Crippen LogP contribution in [-0.4, -0.2) is 5.11 Å². The van der Waals surface area contributed by atoms with Crippen LogP contribution in [-0.2, 0) is 5.33 Å². The molecule has 0 fully saturated rings. The topological polar surface area (TPSA) is 20.2 Å². The van der Waals surface area contributed by atoms with Crippen molar-refractivity contribution in [2.75, 3.05) is 0 Å². The predicted molar refractivity (Wildman–Crippen MR) is 61.1 cm³/mol. The summed E-state index contributed by atoms with van der Waals surface area (Å²) in [6.45, 7) is 0. The number of thiophene rings is 1. The average Bonchev–Trinajstić information content (AvgIpc) is 2.56. The average molecular weight is 278 g/mol. The first kappa shape index (κ1) is 9.31. The van der Waals surface area contributed by atoms with E-state index in [-0.39, 0.29) is 0 Å². The van der Waals surface area contributed by atoms with Crippen molar-refractivity contribution >= 4 is 49.0 Å². The Labute approximate surface area is 93.1 Å². The van der Waals surface area contributed by atoms with Crippen LogP contribution in [0.25, 0.3) is 10.1 Å². The van der Waals surface area contributed by atoms with Gasteiger partial charge in [-0.1, -0.05) is 27.5 Å². The maximum atomic E-state index is 9.54. The second-order valence-electron chi connectivity index (χ2n) is 2.66. The molecule has 0 radical (unpaired) electrons. The fraction of sp³-hybridized carbons (Fsp3) is 0.111. The molecule has 0 spiro atoms. The Morgan fingerprint density at radius 2 is 2.23 bits per heavy atom. The molecule has 1 N–H and O–H groups in total. The van der Waals surface area contributed by atoms with Crippen molar-refractivity contribution in [2.45, 2.75) is 5.33 Å². The van der Waals surface area contributed by atoms with Gasteiger partial charge in [0.1, 0.15) is 5.75 Å². The molecule has 2 rings (SSSR count). The first-order chi connectivity index (χ1) is 6.22. The van der Waals surface area contributed by atoms with Gasteiger partial charge in [0.2, 0.25) is 0 Å². The third-order valence-corrected chi connectivity index (χ3v) is 4.37. The molecule has 0 unspecified atom stereocenters. The molecule has 0 saturated heterocycles. The van der Waals surface area contributed by atoms with Crippen molar-refractivity contribution in [3.63, 3.8) is 0 Å². The van der Waals surface area contributed by atoms with E-state index in [1.165, 1.54) is 4.88 Å². The standard InChI is InChI=1S/C9H6BrClOS/c10-4-5-3-6-8(12)2-1-7(11)9(6)13-5/h1-3,12H,4H2. The molecule has 13 heavy (non-hydrogen) atoms. The summed E-state index contributed by atoms with van der Waals surface area (Å²) in [5.41, 5.74) is 0. The number of phenols is 1. The second-order valence-corrected chi connectivity index (χ2v) is 4.76. The van der Waals surface area contributed by atoms with E-state index in [0.717, 1.165) is 15.4 Å². The van der Waals surface area contributed by atoms with E-state index in [4.69, 9.17) is 11.6 Å². The molecule has 0 aliphatic heterocycles.